The summed E-state index contributed by atoms with van der Waals surface area (Å²) in [4.78, 5) is 0. The van der Waals surface area contributed by atoms with Gasteiger partial charge in [-0.3, -0.25) is 0 Å². The molecule has 0 amide bonds. The lowest BCUT2D eigenvalue weighted by Gasteiger charge is -2.04. The Bertz CT molecular complexity index is 699. The highest BCUT2D eigenvalue weighted by Crippen LogP contribution is 2.36. The molecule has 5 heteroatoms. The zero-order valence-corrected chi connectivity index (χ0v) is 9.90. The largest absolute Gasteiger partial charge is 0.367 e. The molecule has 0 saturated heterocycles. The Morgan fingerprint density at radius 2 is 2.12 bits per heavy atom. The molecule has 4 nitrogen and oxygen atoms in total. The minimum atomic E-state index is 0.280. The van der Waals surface area contributed by atoms with Crippen LogP contribution >= 0.6 is 11.6 Å². The lowest BCUT2D eigenvalue weighted by molar-refractivity contribution is 0.436. The first kappa shape index (κ1) is 10.2. The number of aryl methyl sites for hydroxylation is 1. The highest BCUT2D eigenvalue weighted by Gasteiger charge is 2.14. The van der Waals surface area contributed by atoms with E-state index in [4.69, 9.17) is 21.9 Å². The first-order valence-corrected chi connectivity index (χ1v) is 5.50. The van der Waals surface area contributed by atoms with E-state index < -0.39 is 0 Å². The molecule has 3 rings (SSSR count). The van der Waals surface area contributed by atoms with Crippen molar-refractivity contribution in [3.63, 3.8) is 0 Å². The third kappa shape index (κ3) is 1.41. The molecule has 0 aliphatic carbocycles. The summed E-state index contributed by atoms with van der Waals surface area (Å²) in [6.07, 6.45) is 3.54. The van der Waals surface area contributed by atoms with Gasteiger partial charge in [0.15, 0.2) is 0 Å². The van der Waals surface area contributed by atoms with E-state index in [0.717, 1.165) is 22.0 Å². The molecule has 0 bridgehead atoms. The lowest BCUT2D eigenvalue weighted by Crippen LogP contribution is -1.88. The average molecular weight is 248 g/mol. The monoisotopic (exact) mass is 247 g/mol. The van der Waals surface area contributed by atoms with E-state index >= 15 is 0 Å². The summed E-state index contributed by atoms with van der Waals surface area (Å²) in [7, 11) is 1.98. The number of nitrogens with zero attached hydrogens (tertiary/aromatic N) is 2. The van der Waals surface area contributed by atoms with Crippen molar-refractivity contribution in [3.8, 4) is 11.1 Å². The van der Waals surface area contributed by atoms with Gasteiger partial charge in [-0.15, -0.1) is 0 Å². The number of nitrogen functional groups attached to an aromatic ring is 1. The van der Waals surface area contributed by atoms with Gasteiger partial charge < -0.3 is 14.8 Å². The van der Waals surface area contributed by atoms with Crippen LogP contribution in [-0.4, -0.2) is 9.72 Å². The predicted octanol–water partition coefficient (Wildman–Crippen LogP) is 3.07. The maximum atomic E-state index is 6.38. The van der Waals surface area contributed by atoms with E-state index in [0.29, 0.717) is 5.02 Å². The van der Waals surface area contributed by atoms with Gasteiger partial charge in [0.05, 0.1) is 16.8 Å². The van der Waals surface area contributed by atoms with Crippen LogP contribution in [0.15, 0.2) is 35.1 Å². The van der Waals surface area contributed by atoms with Gasteiger partial charge in [-0.25, -0.2) is 0 Å². The summed E-state index contributed by atoms with van der Waals surface area (Å²) in [5, 5.41) is 5.32. The van der Waals surface area contributed by atoms with Crippen molar-refractivity contribution in [2.45, 2.75) is 0 Å². The van der Waals surface area contributed by atoms with Gasteiger partial charge in [-0.05, 0) is 12.1 Å². The van der Waals surface area contributed by atoms with Crippen LogP contribution in [0.3, 0.4) is 0 Å². The molecule has 17 heavy (non-hydrogen) atoms. The summed E-state index contributed by atoms with van der Waals surface area (Å²) in [5.41, 5.74) is 8.34. The molecule has 0 spiro atoms. The first-order valence-electron chi connectivity index (χ1n) is 5.12. The summed E-state index contributed by atoms with van der Waals surface area (Å²) < 4.78 is 6.87. The number of rotatable bonds is 1. The molecule has 0 atom stereocenters. The van der Waals surface area contributed by atoms with E-state index in [1.807, 2.05) is 36.0 Å². The molecule has 2 heterocycles. The molecule has 0 radical (unpaired) electrons. The molecule has 0 saturated carbocycles. The van der Waals surface area contributed by atoms with Gasteiger partial charge in [-0.2, -0.15) is 0 Å². The summed E-state index contributed by atoms with van der Waals surface area (Å²) >= 11 is 6.38. The van der Waals surface area contributed by atoms with Crippen molar-refractivity contribution < 1.29 is 4.52 Å². The fourth-order valence-electron chi connectivity index (χ4n) is 1.97. The molecular formula is C12H10ClN3O. The van der Waals surface area contributed by atoms with Crippen LogP contribution in [0.5, 0.6) is 0 Å². The zero-order chi connectivity index (χ0) is 12.0. The molecule has 2 aromatic heterocycles. The molecule has 0 fully saturated rings. The van der Waals surface area contributed by atoms with E-state index in [-0.39, 0.29) is 5.88 Å². The number of hydrogen-bond donors (Lipinski definition) is 1. The Morgan fingerprint density at radius 3 is 2.82 bits per heavy atom. The maximum absolute atomic E-state index is 6.38. The van der Waals surface area contributed by atoms with Crippen molar-refractivity contribution in [2.24, 2.45) is 7.05 Å². The molecule has 3 aromatic rings. The second kappa shape index (κ2) is 3.53. The quantitative estimate of drug-likeness (QED) is 0.719. The highest BCUT2D eigenvalue weighted by molar-refractivity contribution is 6.38. The number of aromatic nitrogens is 2. The van der Waals surface area contributed by atoms with Crippen LogP contribution in [0, 0.1) is 0 Å². The van der Waals surface area contributed by atoms with Gasteiger partial charge in [-0.1, -0.05) is 22.8 Å². The number of benzene rings is 1. The Labute approximate surface area is 103 Å². The Hall–Kier alpha value is -1.94. The van der Waals surface area contributed by atoms with Gasteiger partial charge in [0.2, 0.25) is 5.88 Å². The standard InChI is InChI=1S/C12H10ClN3O/c1-16-5-4-8-10(16)3-2-7(11(8)13)9-6-15-17-12(9)14/h2-6H,14H2,1H3. The van der Waals surface area contributed by atoms with Crippen LogP contribution < -0.4 is 5.73 Å². The topological polar surface area (TPSA) is 57.0 Å². The van der Waals surface area contributed by atoms with Crippen molar-refractivity contribution in [1.29, 1.82) is 0 Å². The van der Waals surface area contributed by atoms with Crippen LogP contribution in [0.2, 0.25) is 5.02 Å². The molecular weight excluding hydrogens is 238 g/mol. The van der Waals surface area contributed by atoms with Crippen LogP contribution in [0.4, 0.5) is 5.88 Å². The maximum Gasteiger partial charge on any atom is 0.230 e. The fourth-order valence-corrected chi connectivity index (χ4v) is 2.30. The smallest absolute Gasteiger partial charge is 0.230 e. The number of anilines is 1. The third-order valence-corrected chi connectivity index (χ3v) is 3.30. The summed E-state index contributed by atoms with van der Waals surface area (Å²) in [6, 6.07) is 5.90. The van der Waals surface area contributed by atoms with Crippen molar-refractivity contribution in [3.05, 3.63) is 35.6 Å². The molecule has 86 valence electrons. The molecule has 1 aromatic carbocycles. The fraction of sp³-hybridized carbons (Fsp3) is 0.0833. The van der Waals surface area contributed by atoms with Gasteiger partial charge in [0.1, 0.15) is 0 Å². The summed E-state index contributed by atoms with van der Waals surface area (Å²) in [5.74, 6) is 0.280. The second-order valence-corrected chi connectivity index (χ2v) is 4.27. The lowest BCUT2D eigenvalue weighted by atomic mass is 10.1. The normalized spacial score (nSPS) is 11.2. The molecule has 0 unspecified atom stereocenters. The SMILES string of the molecule is Cn1ccc2c(Cl)c(-c3cnoc3N)ccc21. The minimum absolute atomic E-state index is 0.280. The average Bonchev–Trinajstić information content (AvgIpc) is 2.88. The third-order valence-electron chi connectivity index (χ3n) is 2.89. The van der Waals surface area contributed by atoms with E-state index in [1.54, 1.807) is 6.20 Å². The van der Waals surface area contributed by atoms with Gasteiger partial charge >= 0.3 is 0 Å². The van der Waals surface area contributed by atoms with Crippen LogP contribution in [0.1, 0.15) is 0 Å². The predicted molar refractivity (Wildman–Crippen MR) is 67.8 cm³/mol. The highest BCUT2D eigenvalue weighted by atomic mass is 35.5. The van der Waals surface area contributed by atoms with Crippen molar-refractivity contribution in [2.75, 3.05) is 5.73 Å². The zero-order valence-electron chi connectivity index (χ0n) is 9.14. The van der Waals surface area contributed by atoms with Crippen LogP contribution in [-0.2, 0) is 7.05 Å². The first-order chi connectivity index (χ1) is 8.18. The van der Waals surface area contributed by atoms with Gasteiger partial charge in [0.25, 0.3) is 0 Å². The summed E-state index contributed by atoms with van der Waals surface area (Å²) in [6.45, 7) is 0. The van der Waals surface area contributed by atoms with Gasteiger partial charge in [0, 0.05) is 29.7 Å². The van der Waals surface area contributed by atoms with E-state index in [2.05, 4.69) is 5.16 Å². The number of hydrogen-bond acceptors (Lipinski definition) is 3. The second-order valence-electron chi connectivity index (χ2n) is 3.89. The number of nitrogens with two attached hydrogens (primary N) is 1. The van der Waals surface area contributed by atoms with Crippen molar-refractivity contribution in [1.82, 2.24) is 9.72 Å². The number of halogens is 1. The van der Waals surface area contributed by atoms with E-state index in [1.165, 1.54) is 0 Å². The molecule has 0 aliphatic heterocycles. The molecule has 2 N–H and O–H groups in total. The van der Waals surface area contributed by atoms with E-state index in [9.17, 15) is 0 Å². The van der Waals surface area contributed by atoms with Crippen LogP contribution in [0.25, 0.3) is 22.0 Å². The van der Waals surface area contributed by atoms with Crippen molar-refractivity contribution >= 4 is 28.4 Å². The molecule has 0 aliphatic rings. The Kier molecular flexibility index (Phi) is 2.12. The Morgan fingerprint density at radius 1 is 1.29 bits per heavy atom. The minimum Gasteiger partial charge on any atom is -0.367 e. The Balaban J connectivity index is 2.32. The number of fused-ring (bicyclic) bond motifs is 1.